The van der Waals surface area contributed by atoms with E-state index < -0.39 is 58.8 Å². The first-order valence-corrected chi connectivity index (χ1v) is 11.1. The van der Waals surface area contributed by atoms with Gasteiger partial charge in [-0.15, -0.1) is 0 Å². The molecule has 0 fully saturated rings. The molecule has 0 aliphatic heterocycles. The summed E-state index contributed by atoms with van der Waals surface area (Å²) in [6.45, 7) is 4.61. The summed E-state index contributed by atoms with van der Waals surface area (Å²) in [7, 11) is 0. The molecule has 18 heteroatoms. The van der Waals surface area contributed by atoms with Gasteiger partial charge in [0.15, 0.2) is 11.4 Å². The van der Waals surface area contributed by atoms with Crippen molar-refractivity contribution in [3.63, 3.8) is 0 Å². The van der Waals surface area contributed by atoms with Gasteiger partial charge in [-0.25, -0.2) is 19.6 Å². The Morgan fingerprint density at radius 2 is 1.08 bits per heavy atom. The maximum Gasteiger partial charge on any atom is 0.433 e. The second kappa shape index (κ2) is 14.6. The number of carbonyl (C=O) groups excluding carboxylic acids is 2. The molecule has 0 aliphatic carbocycles. The third kappa shape index (κ3) is 12.2. The molecule has 0 aliphatic rings. The van der Waals surface area contributed by atoms with Crippen LogP contribution in [-0.2, 0) is 12.4 Å². The molecule has 212 valence electrons. The van der Waals surface area contributed by atoms with Gasteiger partial charge in [0.2, 0.25) is 11.9 Å². The number of nitrogens with zero attached hydrogens (tertiary/aromatic N) is 2. The van der Waals surface area contributed by atoms with Crippen LogP contribution in [0.5, 0.6) is 0 Å². The third-order valence-corrected chi connectivity index (χ3v) is 4.16. The van der Waals surface area contributed by atoms with E-state index in [0.717, 1.165) is 25.7 Å². The lowest BCUT2D eigenvalue weighted by molar-refractivity contribution is -0.142. The fourth-order valence-electron chi connectivity index (χ4n) is 2.38. The van der Waals surface area contributed by atoms with Crippen LogP contribution in [0.3, 0.4) is 0 Å². The van der Waals surface area contributed by atoms with Gasteiger partial charge >= 0.3 is 24.4 Å². The highest BCUT2D eigenvalue weighted by Crippen LogP contribution is 2.27. The number of carbonyl (C=O) groups is 2. The van der Waals surface area contributed by atoms with Crippen molar-refractivity contribution in [2.45, 2.75) is 51.9 Å². The average molecular weight is 556 g/mol. The van der Waals surface area contributed by atoms with E-state index >= 15 is 0 Å². The van der Waals surface area contributed by atoms with Gasteiger partial charge in [-0.2, -0.15) is 26.3 Å². The zero-order chi connectivity index (χ0) is 28.9. The van der Waals surface area contributed by atoms with Gasteiger partial charge in [0.25, 0.3) is 11.1 Å². The van der Waals surface area contributed by atoms with E-state index in [9.17, 15) is 45.5 Å². The molecule has 0 saturated carbocycles. The number of amides is 4. The van der Waals surface area contributed by atoms with Gasteiger partial charge in [0, 0.05) is 25.2 Å². The van der Waals surface area contributed by atoms with Crippen LogP contribution in [0.25, 0.3) is 0 Å². The topological polar surface area (TPSA) is 174 Å². The SMILES string of the molecule is CCCCNC(=O)Nc1nc(C(F)(F)F)cc(=O)[nH]1.CCCCNC(=O)Nc1nc(C(F)(F)F)cc(=O)[nH]1. The number of hydrogen-bond acceptors (Lipinski definition) is 6. The second-order valence-corrected chi connectivity index (χ2v) is 7.42. The van der Waals surface area contributed by atoms with Crippen LogP contribution in [-0.4, -0.2) is 45.1 Å². The summed E-state index contributed by atoms with van der Waals surface area (Å²) in [5.41, 5.74) is -4.71. The summed E-state index contributed by atoms with van der Waals surface area (Å²) in [6, 6.07) is -0.813. The highest BCUT2D eigenvalue weighted by molar-refractivity contribution is 5.87. The number of aromatic amines is 2. The molecule has 2 aromatic rings. The Bertz CT molecular complexity index is 1090. The van der Waals surface area contributed by atoms with E-state index in [4.69, 9.17) is 0 Å². The first-order chi connectivity index (χ1) is 17.6. The fraction of sp³-hybridized carbons (Fsp3) is 0.500. The number of unbranched alkanes of at least 4 members (excludes halogenated alkanes) is 2. The van der Waals surface area contributed by atoms with Crippen LogP contribution in [0.4, 0.5) is 47.8 Å². The van der Waals surface area contributed by atoms with E-state index in [1.807, 2.05) is 34.4 Å². The highest BCUT2D eigenvalue weighted by atomic mass is 19.4. The number of rotatable bonds is 8. The molecule has 38 heavy (non-hydrogen) atoms. The standard InChI is InChI=1S/2C10H13F3N4O2/c2*1-2-3-4-14-9(19)17-8-15-6(10(11,12)13)5-7(18)16-8/h2*5H,2-4H2,1H3,(H3,14,15,16,17,18,19). The molecule has 0 unspecified atom stereocenters. The number of alkyl halides is 6. The summed E-state index contributed by atoms with van der Waals surface area (Å²) in [4.78, 5) is 54.9. The predicted molar refractivity (Wildman–Crippen MR) is 124 cm³/mol. The molecule has 0 radical (unpaired) electrons. The number of urea groups is 2. The Morgan fingerprint density at radius 1 is 0.737 bits per heavy atom. The van der Waals surface area contributed by atoms with E-state index in [1.54, 1.807) is 0 Å². The van der Waals surface area contributed by atoms with Crippen molar-refractivity contribution in [3.8, 4) is 0 Å². The van der Waals surface area contributed by atoms with Crippen molar-refractivity contribution in [1.82, 2.24) is 30.6 Å². The maximum absolute atomic E-state index is 12.4. The quantitative estimate of drug-likeness (QED) is 0.215. The lowest BCUT2D eigenvalue weighted by atomic mass is 10.3. The van der Waals surface area contributed by atoms with Gasteiger partial charge in [-0.1, -0.05) is 26.7 Å². The Labute approximate surface area is 211 Å². The molecular weight excluding hydrogens is 530 g/mol. The zero-order valence-corrected chi connectivity index (χ0v) is 20.2. The largest absolute Gasteiger partial charge is 0.433 e. The molecule has 6 N–H and O–H groups in total. The van der Waals surface area contributed by atoms with Crippen molar-refractivity contribution in [3.05, 3.63) is 44.2 Å². The average Bonchev–Trinajstić information content (AvgIpc) is 2.78. The van der Waals surface area contributed by atoms with E-state index in [-0.39, 0.29) is 0 Å². The highest BCUT2D eigenvalue weighted by Gasteiger charge is 2.34. The van der Waals surface area contributed by atoms with Crippen molar-refractivity contribution in [2.24, 2.45) is 0 Å². The summed E-state index contributed by atoms with van der Waals surface area (Å²) < 4.78 is 74.3. The molecule has 0 bridgehead atoms. The molecule has 2 heterocycles. The smallest absolute Gasteiger partial charge is 0.338 e. The molecule has 0 saturated heterocycles. The summed E-state index contributed by atoms with van der Waals surface area (Å²) in [6.07, 6.45) is -6.30. The lowest BCUT2D eigenvalue weighted by Crippen LogP contribution is -2.31. The molecule has 0 spiro atoms. The number of hydrogen-bond donors (Lipinski definition) is 6. The fourth-order valence-corrected chi connectivity index (χ4v) is 2.38. The maximum atomic E-state index is 12.4. The molecule has 2 rings (SSSR count). The van der Waals surface area contributed by atoms with E-state index in [2.05, 4.69) is 20.6 Å². The van der Waals surface area contributed by atoms with E-state index in [1.165, 1.54) is 0 Å². The van der Waals surface area contributed by atoms with Gasteiger partial charge in [-0.3, -0.25) is 30.2 Å². The van der Waals surface area contributed by atoms with Gasteiger partial charge < -0.3 is 10.6 Å². The molecule has 4 amide bonds. The normalized spacial score (nSPS) is 11.2. The first-order valence-electron chi connectivity index (χ1n) is 11.1. The van der Waals surface area contributed by atoms with Crippen molar-refractivity contribution in [2.75, 3.05) is 23.7 Å². The van der Waals surface area contributed by atoms with Crippen molar-refractivity contribution < 1.29 is 35.9 Å². The molecule has 2 aromatic heterocycles. The Hall–Kier alpha value is -4.12. The number of anilines is 2. The van der Waals surface area contributed by atoms with E-state index in [0.29, 0.717) is 25.2 Å². The minimum absolute atomic E-state index is 0.320. The van der Waals surface area contributed by atoms with Crippen LogP contribution in [0, 0.1) is 0 Å². The van der Waals surface area contributed by atoms with Crippen LogP contribution in [0.2, 0.25) is 0 Å². The number of aromatic nitrogens is 4. The Balaban J connectivity index is 0.000000380. The molecule has 0 atom stereocenters. The monoisotopic (exact) mass is 556 g/mol. The minimum Gasteiger partial charge on any atom is -0.338 e. The first kappa shape index (κ1) is 31.9. The number of halogens is 6. The zero-order valence-electron chi connectivity index (χ0n) is 20.2. The number of H-pyrrole nitrogens is 2. The summed E-state index contributed by atoms with van der Waals surface area (Å²) in [5, 5.41) is 8.91. The molecular formula is C20H26F6N8O4. The Kier molecular flexibility index (Phi) is 12.2. The summed E-state index contributed by atoms with van der Waals surface area (Å²) >= 11 is 0. The van der Waals surface area contributed by atoms with Crippen LogP contribution in [0.15, 0.2) is 21.7 Å². The van der Waals surface area contributed by atoms with Crippen LogP contribution < -0.4 is 32.4 Å². The van der Waals surface area contributed by atoms with Crippen LogP contribution >= 0.6 is 0 Å². The minimum atomic E-state index is -4.75. The van der Waals surface area contributed by atoms with Crippen molar-refractivity contribution in [1.29, 1.82) is 0 Å². The summed E-state index contributed by atoms with van der Waals surface area (Å²) in [5.74, 6) is -1.09. The molecule has 0 aromatic carbocycles. The number of nitrogens with one attached hydrogen (secondary N) is 6. The second-order valence-electron chi connectivity index (χ2n) is 7.42. The van der Waals surface area contributed by atoms with Crippen LogP contribution in [0.1, 0.15) is 50.9 Å². The lowest BCUT2D eigenvalue weighted by Gasteiger charge is -2.09. The van der Waals surface area contributed by atoms with Gasteiger partial charge in [-0.05, 0) is 12.8 Å². The Morgan fingerprint density at radius 3 is 1.37 bits per heavy atom. The third-order valence-electron chi connectivity index (χ3n) is 4.16. The molecule has 12 nitrogen and oxygen atoms in total. The predicted octanol–water partition coefficient (Wildman–Crippen LogP) is 3.42. The van der Waals surface area contributed by atoms with Gasteiger partial charge in [0.1, 0.15) is 0 Å². The van der Waals surface area contributed by atoms with Crippen molar-refractivity contribution >= 4 is 24.0 Å². The van der Waals surface area contributed by atoms with Gasteiger partial charge in [0.05, 0.1) is 0 Å².